The van der Waals surface area contributed by atoms with Crippen molar-refractivity contribution in [2.45, 2.75) is 32.4 Å². The third-order valence-electron chi connectivity index (χ3n) is 4.16. The molecule has 0 radical (unpaired) electrons. The Kier molecular flexibility index (Phi) is 5.36. The van der Waals surface area contributed by atoms with Crippen LogP contribution < -0.4 is 14.8 Å². The van der Waals surface area contributed by atoms with E-state index >= 15 is 0 Å². The average molecular weight is 325 g/mol. The lowest BCUT2D eigenvalue weighted by molar-refractivity contribution is -0.123. The fourth-order valence-electron chi connectivity index (χ4n) is 2.53. The molecule has 0 unspecified atom stereocenters. The molecule has 1 N–H and O–H groups in total. The number of hydrogen-bond acceptors (Lipinski definition) is 3. The van der Waals surface area contributed by atoms with E-state index in [2.05, 4.69) is 12.2 Å². The molecule has 2 aromatic rings. The molecule has 0 aliphatic heterocycles. The van der Waals surface area contributed by atoms with Crippen LogP contribution in [0.25, 0.3) is 0 Å². The number of hydrogen-bond donors (Lipinski definition) is 1. The van der Waals surface area contributed by atoms with Crippen molar-refractivity contribution in [3.05, 3.63) is 60.2 Å². The van der Waals surface area contributed by atoms with E-state index < -0.39 is 0 Å². The van der Waals surface area contributed by atoms with Crippen molar-refractivity contribution in [3.8, 4) is 11.5 Å². The molecule has 1 aliphatic rings. The summed E-state index contributed by atoms with van der Waals surface area (Å²) in [6, 6.07) is 17.6. The highest BCUT2D eigenvalue weighted by atomic mass is 16.5. The molecule has 1 saturated carbocycles. The van der Waals surface area contributed by atoms with Gasteiger partial charge in [-0.15, -0.1) is 0 Å². The molecule has 4 heteroatoms. The summed E-state index contributed by atoms with van der Waals surface area (Å²) in [5, 5.41) is 2.97. The molecule has 2 aromatic carbocycles. The summed E-state index contributed by atoms with van der Waals surface area (Å²) in [7, 11) is 0. The van der Waals surface area contributed by atoms with Crippen LogP contribution in [-0.4, -0.2) is 18.6 Å². The van der Waals surface area contributed by atoms with Crippen LogP contribution in [0.1, 0.15) is 25.3 Å². The summed E-state index contributed by atoms with van der Waals surface area (Å²) in [5.41, 5.74) is 1.12. The fourth-order valence-corrected chi connectivity index (χ4v) is 2.53. The Morgan fingerprint density at radius 3 is 2.29 bits per heavy atom. The first-order valence-electron chi connectivity index (χ1n) is 8.39. The smallest absolute Gasteiger partial charge is 0.258 e. The van der Waals surface area contributed by atoms with Crippen LogP contribution in [0, 0.1) is 5.92 Å². The Hall–Kier alpha value is -2.49. The predicted molar refractivity (Wildman–Crippen MR) is 93.0 cm³/mol. The van der Waals surface area contributed by atoms with Gasteiger partial charge in [0.15, 0.2) is 6.61 Å². The molecule has 24 heavy (non-hydrogen) atoms. The lowest BCUT2D eigenvalue weighted by Gasteiger charge is -2.13. The number of rotatable bonds is 8. The minimum Gasteiger partial charge on any atom is -0.489 e. The first-order valence-corrected chi connectivity index (χ1v) is 8.39. The van der Waals surface area contributed by atoms with Crippen LogP contribution in [0.4, 0.5) is 0 Å². The average Bonchev–Trinajstić information content (AvgIpc) is 3.45. The van der Waals surface area contributed by atoms with Crippen molar-refractivity contribution in [3.63, 3.8) is 0 Å². The van der Waals surface area contributed by atoms with Gasteiger partial charge in [-0.05, 0) is 55.5 Å². The van der Waals surface area contributed by atoms with E-state index in [1.807, 2.05) is 54.6 Å². The van der Waals surface area contributed by atoms with Crippen LogP contribution in [0.15, 0.2) is 54.6 Å². The Bertz CT molecular complexity index is 650. The van der Waals surface area contributed by atoms with Gasteiger partial charge in [0.05, 0.1) is 0 Å². The molecule has 1 fully saturated rings. The van der Waals surface area contributed by atoms with Gasteiger partial charge in [0.25, 0.3) is 5.91 Å². The first-order chi connectivity index (χ1) is 11.7. The van der Waals surface area contributed by atoms with Crippen molar-refractivity contribution in [1.29, 1.82) is 0 Å². The zero-order chi connectivity index (χ0) is 16.8. The SMILES string of the molecule is C[C@@H](NC(=O)COc1ccc(OCc2ccccc2)cc1)C1CC1. The van der Waals surface area contributed by atoms with Crippen LogP contribution in [0.5, 0.6) is 11.5 Å². The van der Waals surface area contributed by atoms with Gasteiger partial charge in [-0.1, -0.05) is 30.3 Å². The van der Waals surface area contributed by atoms with Gasteiger partial charge in [0, 0.05) is 6.04 Å². The summed E-state index contributed by atoms with van der Waals surface area (Å²) >= 11 is 0. The standard InChI is InChI=1S/C20H23NO3/c1-15(17-7-8-17)21-20(22)14-24-19-11-9-18(10-12-19)23-13-16-5-3-2-4-6-16/h2-6,9-12,15,17H,7-8,13-14H2,1H3,(H,21,22)/t15-/m1/s1. The predicted octanol–water partition coefficient (Wildman–Crippen LogP) is 3.56. The Morgan fingerprint density at radius 2 is 1.67 bits per heavy atom. The molecule has 4 nitrogen and oxygen atoms in total. The van der Waals surface area contributed by atoms with Crippen LogP contribution in [0.2, 0.25) is 0 Å². The molecule has 1 aliphatic carbocycles. The van der Waals surface area contributed by atoms with Crippen molar-refractivity contribution < 1.29 is 14.3 Å². The second kappa shape index (κ2) is 7.86. The number of carbonyl (C=O) groups excluding carboxylic acids is 1. The maximum Gasteiger partial charge on any atom is 0.258 e. The lowest BCUT2D eigenvalue weighted by atomic mass is 10.2. The third kappa shape index (κ3) is 5.01. The quantitative estimate of drug-likeness (QED) is 0.807. The molecule has 0 bridgehead atoms. The van der Waals surface area contributed by atoms with Gasteiger partial charge in [0.1, 0.15) is 18.1 Å². The molecule has 0 heterocycles. The minimum absolute atomic E-state index is 0.0429. The lowest BCUT2D eigenvalue weighted by Crippen LogP contribution is -2.37. The Morgan fingerprint density at radius 1 is 1.04 bits per heavy atom. The van der Waals surface area contributed by atoms with E-state index in [9.17, 15) is 4.79 Å². The highest BCUT2D eigenvalue weighted by molar-refractivity contribution is 5.77. The van der Waals surface area contributed by atoms with E-state index in [0.29, 0.717) is 18.3 Å². The van der Waals surface area contributed by atoms with E-state index in [1.54, 1.807) is 0 Å². The van der Waals surface area contributed by atoms with Crippen LogP contribution >= 0.6 is 0 Å². The molecule has 0 aromatic heterocycles. The monoisotopic (exact) mass is 325 g/mol. The number of nitrogens with one attached hydrogen (secondary N) is 1. The highest BCUT2D eigenvalue weighted by Crippen LogP contribution is 2.32. The Balaban J connectivity index is 1.41. The second-order valence-corrected chi connectivity index (χ2v) is 6.23. The van der Waals surface area contributed by atoms with Gasteiger partial charge >= 0.3 is 0 Å². The summed E-state index contributed by atoms with van der Waals surface area (Å²) in [5.74, 6) is 2.02. The zero-order valence-electron chi connectivity index (χ0n) is 13.9. The van der Waals surface area contributed by atoms with Gasteiger partial charge in [-0.25, -0.2) is 0 Å². The highest BCUT2D eigenvalue weighted by Gasteiger charge is 2.28. The van der Waals surface area contributed by atoms with E-state index in [4.69, 9.17) is 9.47 Å². The van der Waals surface area contributed by atoms with E-state index in [-0.39, 0.29) is 18.6 Å². The van der Waals surface area contributed by atoms with Crippen LogP contribution in [-0.2, 0) is 11.4 Å². The maximum atomic E-state index is 11.8. The first kappa shape index (κ1) is 16.4. The van der Waals surface area contributed by atoms with Gasteiger partial charge in [-0.2, -0.15) is 0 Å². The molecule has 126 valence electrons. The summed E-state index contributed by atoms with van der Waals surface area (Å²) in [6.07, 6.45) is 2.43. The van der Waals surface area contributed by atoms with Crippen molar-refractivity contribution in [2.24, 2.45) is 5.92 Å². The third-order valence-corrected chi connectivity index (χ3v) is 4.16. The molecular formula is C20H23NO3. The van der Waals surface area contributed by atoms with Gasteiger partial charge in [-0.3, -0.25) is 4.79 Å². The van der Waals surface area contributed by atoms with E-state index in [0.717, 1.165) is 11.3 Å². The largest absolute Gasteiger partial charge is 0.489 e. The fraction of sp³-hybridized carbons (Fsp3) is 0.350. The number of benzene rings is 2. The molecule has 3 rings (SSSR count). The molecular weight excluding hydrogens is 302 g/mol. The topological polar surface area (TPSA) is 47.6 Å². The normalized spacial score (nSPS) is 14.7. The van der Waals surface area contributed by atoms with Crippen molar-refractivity contribution in [2.75, 3.05) is 6.61 Å². The summed E-state index contributed by atoms with van der Waals surface area (Å²) in [6.45, 7) is 2.62. The second-order valence-electron chi connectivity index (χ2n) is 6.23. The molecule has 0 saturated heterocycles. The van der Waals surface area contributed by atoms with Crippen molar-refractivity contribution in [1.82, 2.24) is 5.32 Å². The minimum atomic E-state index is -0.0706. The summed E-state index contributed by atoms with van der Waals surface area (Å²) < 4.78 is 11.2. The maximum absolute atomic E-state index is 11.8. The van der Waals surface area contributed by atoms with Crippen molar-refractivity contribution >= 4 is 5.91 Å². The van der Waals surface area contributed by atoms with Gasteiger partial charge < -0.3 is 14.8 Å². The zero-order valence-corrected chi connectivity index (χ0v) is 13.9. The van der Waals surface area contributed by atoms with Crippen LogP contribution in [0.3, 0.4) is 0 Å². The number of amides is 1. The van der Waals surface area contributed by atoms with Gasteiger partial charge in [0.2, 0.25) is 0 Å². The summed E-state index contributed by atoms with van der Waals surface area (Å²) in [4.78, 5) is 11.8. The molecule has 1 amide bonds. The molecule has 1 atom stereocenters. The molecule has 0 spiro atoms. The number of ether oxygens (including phenoxy) is 2. The number of carbonyl (C=O) groups is 1. The van der Waals surface area contributed by atoms with E-state index in [1.165, 1.54) is 12.8 Å². The Labute approximate surface area is 142 Å².